The van der Waals surface area contributed by atoms with Crippen molar-refractivity contribution in [2.45, 2.75) is 19.6 Å². The van der Waals surface area contributed by atoms with Gasteiger partial charge in [-0.3, -0.25) is 0 Å². The second-order valence-electron chi connectivity index (χ2n) is 3.22. The Labute approximate surface area is 70.3 Å². The highest BCUT2D eigenvalue weighted by Crippen LogP contribution is 2.00. The monoisotopic (exact) mass is 179 g/mol. The minimum atomic E-state index is -0.866. The molecule has 62 valence electrons. The molecule has 0 aliphatic rings. The maximum atomic E-state index is 5.54. The minimum Gasteiger partial charge on any atom is -0.327 e. The van der Waals surface area contributed by atoms with E-state index in [-0.39, 0.29) is 0 Å². The molecular weight excluding hydrogens is 162 g/mol. The van der Waals surface area contributed by atoms with E-state index in [1.165, 1.54) is 0 Å². The van der Waals surface area contributed by atoms with Crippen LogP contribution in [0.25, 0.3) is 0 Å². The first-order chi connectivity index (χ1) is 4.47. The van der Waals surface area contributed by atoms with Crippen LogP contribution >= 0.6 is 11.6 Å². The van der Waals surface area contributed by atoms with Crippen LogP contribution < -0.4 is 5.73 Å². The van der Waals surface area contributed by atoms with Gasteiger partial charge in [0.05, 0.1) is 8.07 Å². The lowest BCUT2D eigenvalue weighted by molar-refractivity contribution is 1.26. The second kappa shape index (κ2) is 7.32. The van der Waals surface area contributed by atoms with Crippen LogP contribution in [0.2, 0.25) is 19.6 Å². The molecule has 0 saturated heterocycles. The molecule has 10 heavy (non-hydrogen) atoms. The fourth-order valence-electron chi connectivity index (χ4n) is 0. The van der Waals surface area contributed by atoms with Crippen LogP contribution in [0.5, 0.6) is 0 Å². The van der Waals surface area contributed by atoms with Gasteiger partial charge in [0.1, 0.15) is 0 Å². The number of rotatable bonds is 2. The molecule has 1 nitrogen and oxygen atoms in total. The Bertz CT molecular complexity index is 78.2. The van der Waals surface area contributed by atoms with Crippen molar-refractivity contribution >= 4 is 19.7 Å². The summed E-state index contributed by atoms with van der Waals surface area (Å²) in [5.41, 5.74) is 5.79. The lowest BCUT2D eigenvalue weighted by Gasteiger charge is -2.07. The van der Waals surface area contributed by atoms with Crippen molar-refractivity contribution in [3.63, 3.8) is 0 Å². The average molecular weight is 180 g/mol. The molecule has 0 aromatic rings. The van der Waals surface area contributed by atoms with E-state index < -0.39 is 8.07 Å². The number of halogens is 1. The highest BCUT2D eigenvalue weighted by atomic mass is 35.5. The van der Waals surface area contributed by atoms with Gasteiger partial charge in [-0.1, -0.05) is 25.7 Å². The Morgan fingerprint density at radius 2 is 1.70 bits per heavy atom. The fourth-order valence-corrected chi connectivity index (χ4v) is 0. The van der Waals surface area contributed by atoms with Crippen molar-refractivity contribution in [3.05, 3.63) is 12.7 Å². The van der Waals surface area contributed by atoms with Crippen LogP contribution in [-0.4, -0.2) is 20.1 Å². The van der Waals surface area contributed by atoms with E-state index in [4.69, 9.17) is 17.3 Å². The summed E-state index contributed by atoms with van der Waals surface area (Å²) in [5, 5.41) is 0. The summed E-state index contributed by atoms with van der Waals surface area (Å²) in [6.45, 7) is 10.7. The van der Waals surface area contributed by atoms with Crippen LogP contribution in [0.4, 0.5) is 0 Å². The molecule has 3 heteroatoms. The largest absolute Gasteiger partial charge is 0.327 e. The third kappa shape index (κ3) is 24.1. The van der Waals surface area contributed by atoms with Crippen molar-refractivity contribution in [3.8, 4) is 0 Å². The average Bonchev–Trinajstić information content (AvgIpc) is 1.87. The van der Waals surface area contributed by atoms with Gasteiger partial charge in [-0.2, -0.15) is 0 Å². The number of hydrogen-bond acceptors (Lipinski definition) is 1. The van der Waals surface area contributed by atoms with Gasteiger partial charge in [-0.15, -0.1) is 18.2 Å². The van der Waals surface area contributed by atoms with E-state index in [1.807, 2.05) is 0 Å². The summed E-state index contributed by atoms with van der Waals surface area (Å²) in [6, 6.07) is 0. The highest BCUT2D eigenvalue weighted by molar-refractivity contribution is 6.81. The Hall–Kier alpha value is 0.207. The summed E-state index contributed by atoms with van der Waals surface area (Å²) in [5.74, 6) is 0. The van der Waals surface area contributed by atoms with Crippen molar-refractivity contribution in [1.29, 1.82) is 0 Å². The molecule has 0 unspecified atom stereocenters. The molecule has 0 bridgehead atoms. The molecule has 2 N–H and O–H groups in total. The van der Waals surface area contributed by atoms with Crippen molar-refractivity contribution < 1.29 is 0 Å². The Morgan fingerprint density at radius 1 is 1.50 bits per heavy atom. The van der Waals surface area contributed by atoms with Crippen LogP contribution in [-0.2, 0) is 0 Å². The van der Waals surface area contributed by atoms with Crippen LogP contribution in [0.3, 0.4) is 0 Å². The van der Waals surface area contributed by atoms with Crippen molar-refractivity contribution in [2.24, 2.45) is 5.73 Å². The summed E-state index contributed by atoms with van der Waals surface area (Å²) in [7, 11) is -0.866. The SMILES string of the molecule is C=CCN.C[Si](C)(C)CCl. The molecule has 0 spiro atoms. The lowest BCUT2D eigenvalue weighted by atomic mass is 10.7. The van der Waals surface area contributed by atoms with Gasteiger partial charge < -0.3 is 5.73 Å². The minimum absolute atomic E-state index is 0.583. The molecule has 0 atom stereocenters. The highest BCUT2D eigenvalue weighted by Gasteiger charge is 2.08. The predicted molar refractivity (Wildman–Crippen MR) is 53.3 cm³/mol. The number of hydrogen-bond donors (Lipinski definition) is 1. The first-order valence-corrected chi connectivity index (χ1v) is 7.59. The Balaban J connectivity index is 0. The molecule has 0 aromatic carbocycles. The van der Waals surface area contributed by atoms with Crippen LogP contribution in [0.1, 0.15) is 0 Å². The molecule has 0 heterocycles. The zero-order chi connectivity index (χ0) is 8.62. The fraction of sp³-hybridized carbons (Fsp3) is 0.714. The standard InChI is InChI=1S/C4H11ClSi.C3H7N/c1-6(2,3)4-5;1-2-3-4/h4H2,1-3H3;2H,1,3-4H2. The second-order valence-corrected chi connectivity index (χ2v) is 9.41. The number of alkyl halides is 1. The molecule has 0 fully saturated rings. The smallest absolute Gasteiger partial charge is 0.0609 e. The zero-order valence-corrected chi connectivity index (χ0v) is 8.91. The van der Waals surface area contributed by atoms with Gasteiger partial charge in [0.2, 0.25) is 0 Å². The van der Waals surface area contributed by atoms with Crippen molar-refractivity contribution in [1.82, 2.24) is 0 Å². The first kappa shape index (κ1) is 12.8. The van der Waals surface area contributed by atoms with E-state index in [9.17, 15) is 0 Å². The first-order valence-electron chi connectivity index (χ1n) is 3.35. The summed E-state index contributed by atoms with van der Waals surface area (Å²) in [6.07, 6.45) is 1.65. The Morgan fingerprint density at radius 3 is 1.70 bits per heavy atom. The van der Waals surface area contributed by atoms with Crippen LogP contribution in [0, 0.1) is 0 Å². The molecular formula is C7H18ClNSi. The summed E-state index contributed by atoms with van der Waals surface area (Å²) < 4.78 is 0. The normalized spacial score (nSPS) is 9.70. The summed E-state index contributed by atoms with van der Waals surface area (Å²) >= 11 is 5.54. The predicted octanol–water partition coefficient (Wildman–Crippen LogP) is 2.23. The van der Waals surface area contributed by atoms with Gasteiger partial charge in [0.25, 0.3) is 0 Å². The molecule has 0 aliphatic carbocycles. The lowest BCUT2D eigenvalue weighted by Crippen LogP contribution is -2.21. The van der Waals surface area contributed by atoms with Crippen LogP contribution in [0.15, 0.2) is 12.7 Å². The van der Waals surface area contributed by atoms with E-state index in [1.54, 1.807) is 6.08 Å². The third-order valence-electron chi connectivity index (χ3n) is 0.568. The quantitative estimate of drug-likeness (QED) is 0.393. The number of nitrogens with two attached hydrogens (primary N) is 1. The van der Waals surface area contributed by atoms with Crippen molar-refractivity contribution in [2.75, 3.05) is 12.0 Å². The maximum Gasteiger partial charge on any atom is 0.0609 e. The molecule has 0 saturated carbocycles. The molecule has 0 radical (unpaired) electrons. The van der Waals surface area contributed by atoms with E-state index in [0.717, 1.165) is 5.50 Å². The zero-order valence-electron chi connectivity index (χ0n) is 7.15. The van der Waals surface area contributed by atoms with E-state index >= 15 is 0 Å². The van der Waals surface area contributed by atoms with Gasteiger partial charge in [-0.25, -0.2) is 0 Å². The molecule has 0 rings (SSSR count). The molecule has 0 amide bonds. The Kier molecular flexibility index (Phi) is 9.40. The maximum absolute atomic E-state index is 5.54. The van der Waals surface area contributed by atoms with Gasteiger partial charge >= 0.3 is 0 Å². The summed E-state index contributed by atoms with van der Waals surface area (Å²) in [4.78, 5) is 0. The molecule has 0 aliphatic heterocycles. The topological polar surface area (TPSA) is 26.0 Å². The van der Waals surface area contributed by atoms with E-state index in [0.29, 0.717) is 6.54 Å². The third-order valence-corrected chi connectivity index (χ3v) is 3.77. The van der Waals surface area contributed by atoms with Gasteiger partial charge in [0.15, 0.2) is 0 Å². The van der Waals surface area contributed by atoms with Gasteiger partial charge in [0, 0.05) is 12.0 Å². The van der Waals surface area contributed by atoms with E-state index in [2.05, 4.69) is 26.2 Å². The van der Waals surface area contributed by atoms with Gasteiger partial charge in [-0.05, 0) is 0 Å². The molecule has 0 aromatic heterocycles.